The summed E-state index contributed by atoms with van der Waals surface area (Å²) in [5.41, 5.74) is -1.98. The number of benzene rings is 1. The van der Waals surface area contributed by atoms with E-state index in [-0.39, 0.29) is 10.9 Å². The van der Waals surface area contributed by atoms with Crippen molar-refractivity contribution >= 4 is 23.2 Å². The summed E-state index contributed by atoms with van der Waals surface area (Å²) in [5.74, 6) is 0. The van der Waals surface area contributed by atoms with Crippen LogP contribution in [0.4, 0.5) is 18.9 Å². The maximum atomic E-state index is 13.5. The first-order valence-corrected chi connectivity index (χ1v) is 10.1. The lowest BCUT2D eigenvalue weighted by molar-refractivity contribution is -0.136. The van der Waals surface area contributed by atoms with Gasteiger partial charge in [-0.2, -0.15) is 30.0 Å². The van der Waals surface area contributed by atoms with Crippen molar-refractivity contribution in [3.05, 3.63) is 63.7 Å². The topological polar surface area (TPSA) is 38.7 Å². The number of rotatable bonds is 3. The molecule has 0 N–H and O–H groups in total. The molecule has 1 aromatic carbocycles. The van der Waals surface area contributed by atoms with Gasteiger partial charge in [0.15, 0.2) is 0 Å². The molecule has 0 bridgehead atoms. The summed E-state index contributed by atoms with van der Waals surface area (Å²) in [5, 5.41) is 4.58. The molecule has 1 unspecified atom stereocenters. The Labute approximate surface area is 164 Å². The molecule has 1 heterocycles. The lowest BCUT2D eigenvalue weighted by Crippen LogP contribution is -2.27. The molecule has 3 rings (SSSR count). The fraction of sp³-hybridized carbons (Fsp3) is 0.350. The SMILES string of the molecule is [C-]#[N+]c1c(C(F)(F)F)cc(-c2ccccc2)n(/N=C2\CCCCC2SC)c1=O. The molecule has 1 fully saturated rings. The Hall–Kier alpha value is -2.53. The molecule has 1 aliphatic rings. The first kappa shape index (κ1) is 20.2. The van der Waals surface area contributed by atoms with Gasteiger partial charge in [-0.15, -0.1) is 0 Å². The summed E-state index contributed by atoms with van der Waals surface area (Å²) in [6.07, 6.45) is 0.699. The van der Waals surface area contributed by atoms with Crippen molar-refractivity contribution in [2.45, 2.75) is 37.1 Å². The van der Waals surface area contributed by atoms with E-state index in [1.807, 2.05) is 6.26 Å². The van der Waals surface area contributed by atoms with E-state index in [9.17, 15) is 18.0 Å². The lowest BCUT2D eigenvalue weighted by Gasteiger charge is -2.23. The highest BCUT2D eigenvalue weighted by Gasteiger charge is 2.36. The van der Waals surface area contributed by atoms with Gasteiger partial charge >= 0.3 is 6.18 Å². The second-order valence-corrected chi connectivity index (χ2v) is 7.49. The number of thioether (sulfide) groups is 1. The molecule has 1 aliphatic carbocycles. The van der Waals surface area contributed by atoms with Gasteiger partial charge in [0.25, 0.3) is 11.2 Å². The predicted octanol–water partition coefficient (Wildman–Crippen LogP) is 5.59. The van der Waals surface area contributed by atoms with Crippen LogP contribution in [0, 0.1) is 6.57 Å². The van der Waals surface area contributed by atoms with Gasteiger partial charge in [-0.1, -0.05) is 36.8 Å². The number of hydrogen-bond donors (Lipinski definition) is 0. The van der Waals surface area contributed by atoms with Gasteiger partial charge < -0.3 is 0 Å². The van der Waals surface area contributed by atoms with E-state index < -0.39 is 23.0 Å². The third-order valence-corrected chi connectivity index (χ3v) is 5.76. The van der Waals surface area contributed by atoms with E-state index in [2.05, 4.69) is 9.95 Å². The van der Waals surface area contributed by atoms with Crippen LogP contribution in [-0.4, -0.2) is 21.9 Å². The average Bonchev–Trinajstić information content (AvgIpc) is 2.69. The molecule has 146 valence electrons. The van der Waals surface area contributed by atoms with Gasteiger partial charge in [-0.25, -0.2) is 9.52 Å². The van der Waals surface area contributed by atoms with Gasteiger partial charge in [0.1, 0.15) is 0 Å². The molecule has 0 saturated heterocycles. The van der Waals surface area contributed by atoms with Crippen LogP contribution in [0.1, 0.15) is 31.2 Å². The molecular weight excluding hydrogens is 387 g/mol. The Kier molecular flexibility index (Phi) is 5.94. The van der Waals surface area contributed by atoms with Crippen molar-refractivity contribution in [3.63, 3.8) is 0 Å². The molecule has 0 aliphatic heterocycles. The van der Waals surface area contributed by atoms with Crippen LogP contribution in [0.5, 0.6) is 0 Å². The molecule has 4 nitrogen and oxygen atoms in total. The molecule has 1 aromatic heterocycles. The van der Waals surface area contributed by atoms with Gasteiger partial charge in [0, 0.05) is 10.8 Å². The largest absolute Gasteiger partial charge is 0.407 e. The van der Waals surface area contributed by atoms with Gasteiger partial charge in [0.2, 0.25) is 0 Å². The molecule has 1 saturated carbocycles. The molecular formula is C20H18F3N3OS. The molecule has 28 heavy (non-hydrogen) atoms. The highest BCUT2D eigenvalue weighted by molar-refractivity contribution is 7.99. The van der Waals surface area contributed by atoms with Crippen molar-refractivity contribution in [1.29, 1.82) is 0 Å². The Morgan fingerprint density at radius 1 is 1.25 bits per heavy atom. The van der Waals surface area contributed by atoms with Crippen molar-refractivity contribution in [2.24, 2.45) is 5.10 Å². The molecule has 0 spiro atoms. The lowest BCUT2D eigenvalue weighted by atomic mass is 9.98. The van der Waals surface area contributed by atoms with Gasteiger partial charge in [-0.05, 0) is 31.6 Å². The van der Waals surface area contributed by atoms with Crippen LogP contribution in [-0.2, 0) is 6.18 Å². The monoisotopic (exact) mass is 405 g/mol. The van der Waals surface area contributed by atoms with E-state index in [0.717, 1.165) is 35.7 Å². The number of aromatic nitrogens is 1. The minimum atomic E-state index is -4.80. The van der Waals surface area contributed by atoms with Gasteiger partial charge in [0.05, 0.1) is 23.5 Å². The number of hydrogen-bond acceptors (Lipinski definition) is 3. The van der Waals surface area contributed by atoms with Gasteiger partial charge in [-0.3, -0.25) is 4.79 Å². The maximum absolute atomic E-state index is 13.5. The summed E-state index contributed by atoms with van der Waals surface area (Å²) >= 11 is 1.61. The summed E-state index contributed by atoms with van der Waals surface area (Å²) in [6.45, 7) is 7.13. The molecule has 0 amide bonds. The van der Waals surface area contributed by atoms with Crippen molar-refractivity contribution in [2.75, 3.05) is 6.26 Å². The molecule has 2 aromatic rings. The zero-order valence-electron chi connectivity index (χ0n) is 15.2. The molecule has 1 atom stereocenters. The summed E-state index contributed by atoms with van der Waals surface area (Å²) < 4.78 is 41.4. The first-order chi connectivity index (χ1) is 13.4. The first-order valence-electron chi connectivity index (χ1n) is 8.77. The summed E-state index contributed by atoms with van der Waals surface area (Å²) in [4.78, 5) is 15.8. The highest BCUT2D eigenvalue weighted by Crippen LogP contribution is 2.37. The minimum Gasteiger partial charge on any atom is -0.281 e. The normalized spacial score (nSPS) is 18.8. The Balaban J connectivity index is 2.32. The van der Waals surface area contributed by atoms with Crippen LogP contribution >= 0.6 is 11.8 Å². The number of halogens is 3. The predicted molar refractivity (Wildman–Crippen MR) is 106 cm³/mol. The second-order valence-electron chi connectivity index (χ2n) is 6.45. The standard InChI is InChI=1S/C20H18F3N3OS/c1-24-18-14(20(21,22)23)12-16(13-8-4-3-5-9-13)26(19(18)27)25-15-10-6-7-11-17(15)28-2/h3-5,8-9,12,17H,6-7,10-11H2,2H3/b25-15+. The van der Waals surface area contributed by atoms with Crippen LogP contribution in [0.3, 0.4) is 0 Å². The Morgan fingerprint density at radius 3 is 2.57 bits per heavy atom. The zero-order chi connectivity index (χ0) is 20.3. The van der Waals surface area contributed by atoms with E-state index in [4.69, 9.17) is 6.57 Å². The number of alkyl halides is 3. The van der Waals surface area contributed by atoms with Crippen LogP contribution < -0.4 is 5.56 Å². The Morgan fingerprint density at radius 2 is 1.96 bits per heavy atom. The number of pyridine rings is 1. The van der Waals surface area contributed by atoms with Crippen molar-refractivity contribution < 1.29 is 13.2 Å². The average molecular weight is 405 g/mol. The van der Waals surface area contributed by atoms with Crippen LogP contribution in [0.25, 0.3) is 16.1 Å². The highest BCUT2D eigenvalue weighted by atomic mass is 32.2. The second kappa shape index (κ2) is 8.23. The fourth-order valence-corrected chi connectivity index (χ4v) is 4.13. The van der Waals surface area contributed by atoms with Crippen LogP contribution in [0.2, 0.25) is 0 Å². The quantitative estimate of drug-likeness (QED) is 0.624. The minimum absolute atomic E-state index is 0.0308. The smallest absolute Gasteiger partial charge is 0.281 e. The molecule has 0 radical (unpaired) electrons. The Bertz CT molecular complexity index is 991. The fourth-order valence-electron chi connectivity index (χ4n) is 3.29. The summed E-state index contributed by atoms with van der Waals surface area (Å²) in [6, 6.07) is 9.19. The molecule has 8 heteroatoms. The van der Waals surface area contributed by atoms with Crippen LogP contribution in [0.15, 0.2) is 46.3 Å². The van der Waals surface area contributed by atoms with E-state index in [1.54, 1.807) is 42.1 Å². The third kappa shape index (κ3) is 3.99. The van der Waals surface area contributed by atoms with Crippen molar-refractivity contribution in [1.82, 2.24) is 4.68 Å². The zero-order valence-corrected chi connectivity index (χ0v) is 16.0. The summed E-state index contributed by atoms with van der Waals surface area (Å²) in [7, 11) is 0. The number of nitrogens with zero attached hydrogens (tertiary/aromatic N) is 3. The van der Waals surface area contributed by atoms with E-state index >= 15 is 0 Å². The maximum Gasteiger partial charge on any atom is 0.407 e. The van der Waals surface area contributed by atoms with E-state index in [1.165, 1.54) is 0 Å². The van der Waals surface area contributed by atoms with E-state index in [0.29, 0.717) is 12.0 Å². The van der Waals surface area contributed by atoms with Crippen molar-refractivity contribution in [3.8, 4) is 11.3 Å². The third-order valence-electron chi connectivity index (χ3n) is 4.68.